The molecule has 182 valence electrons. The summed E-state index contributed by atoms with van der Waals surface area (Å²) in [7, 11) is 0. The Morgan fingerprint density at radius 1 is 0.548 bits per heavy atom. The van der Waals surface area contributed by atoms with Gasteiger partial charge >= 0.3 is 0 Å². The minimum atomic E-state index is -2.01. The first-order valence-corrected chi connectivity index (χ1v) is 9.23. The van der Waals surface area contributed by atoms with Crippen LogP contribution in [0.15, 0.2) is 0 Å². The number of rotatable bonds is 5. The van der Waals surface area contributed by atoms with Crippen molar-refractivity contribution in [1.29, 1.82) is 0 Å². The predicted octanol–water partition coefficient (Wildman–Crippen LogP) is -6.52. The van der Waals surface area contributed by atoms with Crippen molar-refractivity contribution in [3.8, 4) is 0 Å². The summed E-state index contributed by atoms with van der Waals surface area (Å²) >= 11 is 0. The van der Waals surface area contributed by atoms with E-state index in [0.717, 1.165) is 0 Å². The van der Waals surface area contributed by atoms with Crippen molar-refractivity contribution in [3.05, 3.63) is 0 Å². The smallest absolute Gasteiger partial charge is 0.189 e. The second-order valence-electron chi connectivity index (χ2n) is 7.30. The lowest BCUT2D eigenvalue weighted by atomic mass is 10.0. The first kappa shape index (κ1) is 25.0. The molecule has 0 radical (unpaired) electrons. The number of hydrogen-bond donors (Lipinski definition) is 10. The summed E-state index contributed by atoms with van der Waals surface area (Å²) in [6.07, 6.45) is -25.1. The van der Waals surface area contributed by atoms with Gasteiger partial charge in [0.2, 0.25) is 0 Å². The van der Waals surface area contributed by atoms with Crippen LogP contribution in [0.5, 0.6) is 0 Å². The summed E-state index contributed by atoms with van der Waals surface area (Å²) < 4.78 is 25.1. The van der Waals surface area contributed by atoms with Crippen LogP contribution in [0.1, 0.15) is 0 Å². The Labute approximate surface area is 173 Å². The highest BCUT2D eigenvalue weighted by atomic mass is 17.1. The van der Waals surface area contributed by atoms with E-state index in [1.54, 1.807) is 0 Å². The second-order valence-corrected chi connectivity index (χ2v) is 7.30. The fourth-order valence-electron chi connectivity index (χ4n) is 3.36. The number of aliphatic hydroxyl groups is 9. The Morgan fingerprint density at radius 3 is 1.77 bits per heavy atom. The Kier molecular flexibility index (Phi) is 8.14. The van der Waals surface area contributed by atoms with Crippen molar-refractivity contribution >= 4 is 0 Å². The molecule has 14 atom stereocenters. The molecule has 3 fully saturated rings. The van der Waals surface area contributed by atoms with Crippen LogP contribution in [0.4, 0.5) is 0 Å². The normalized spacial score (nSPS) is 54.0. The zero-order valence-corrected chi connectivity index (χ0v) is 15.7. The summed E-state index contributed by atoms with van der Waals surface area (Å²) in [5, 5.41) is 97.4. The Hall–Kier alpha value is -0.640. The topological polar surface area (TPSA) is 258 Å². The molecule has 10 N–H and O–H groups in total. The molecule has 3 heterocycles. The molecule has 16 nitrogen and oxygen atoms in total. The molecule has 0 spiro atoms. The first-order valence-electron chi connectivity index (χ1n) is 9.23. The lowest BCUT2D eigenvalue weighted by molar-refractivity contribution is -0.434. The third kappa shape index (κ3) is 4.99. The van der Waals surface area contributed by atoms with Crippen LogP contribution in [0.2, 0.25) is 0 Å². The predicted molar refractivity (Wildman–Crippen MR) is 87.0 cm³/mol. The van der Waals surface area contributed by atoms with E-state index in [9.17, 15) is 51.2 Å². The molecule has 0 aliphatic carbocycles. The molecular formula is C15H26O16. The quantitative estimate of drug-likeness (QED) is 0.134. The molecule has 3 aliphatic rings. The summed E-state index contributed by atoms with van der Waals surface area (Å²) in [6, 6.07) is 0. The highest BCUT2D eigenvalue weighted by Crippen LogP contribution is 2.31. The van der Waals surface area contributed by atoms with Crippen LogP contribution < -0.4 is 0 Å². The number of hydrogen-bond acceptors (Lipinski definition) is 16. The summed E-state index contributed by atoms with van der Waals surface area (Å²) in [6.45, 7) is -0.424. The molecule has 0 saturated carbocycles. The highest BCUT2D eigenvalue weighted by Gasteiger charge is 2.53. The van der Waals surface area contributed by atoms with Gasteiger partial charge in [-0.3, -0.25) is 5.26 Å². The van der Waals surface area contributed by atoms with Gasteiger partial charge in [-0.15, -0.1) is 0 Å². The van der Waals surface area contributed by atoms with Gasteiger partial charge in [0.1, 0.15) is 48.8 Å². The molecule has 0 aromatic rings. The molecule has 3 rings (SSSR count). The minimum Gasteiger partial charge on any atom is -0.387 e. The standard InChI is InChI=1S/C15H26O16/c16-3-2(1-26-11(22)5(3)18)27-15-8(21)9(31-25)10(13(24)30-15)28-14-7(20)4(17)6(19)12(23)29-14/h2-25H,1H2/t2-,3+,4+,5-,6+,7-,8-,9-,10+,11-,12+,13+,14-,15-/m1/s1. The molecule has 0 aromatic heterocycles. The van der Waals surface area contributed by atoms with Gasteiger partial charge in [-0.1, -0.05) is 0 Å². The Bertz CT molecular complexity index is 581. The van der Waals surface area contributed by atoms with Gasteiger partial charge in [-0.05, 0) is 0 Å². The van der Waals surface area contributed by atoms with E-state index in [1.165, 1.54) is 0 Å². The van der Waals surface area contributed by atoms with E-state index in [1.807, 2.05) is 0 Å². The van der Waals surface area contributed by atoms with Gasteiger partial charge in [0.25, 0.3) is 0 Å². The highest BCUT2D eigenvalue weighted by molar-refractivity contribution is 4.92. The summed E-state index contributed by atoms with van der Waals surface area (Å²) in [5.41, 5.74) is 0. The minimum absolute atomic E-state index is 0.424. The van der Waals surface area contributed by atoms with E-state index in [4.69, 9.17) is 23.7 Å². The van der Waals surface area contributed by atoms with Crippen molar-refractivity contribution in [2.24, 2.45) is 0 Å². The largest absolute Gasteiger partial charge is 0.387 e. The molecule has 3 saturated heterocycles. The van der Waals surface area contributed by atoms with E-state index >= 15 is 0 Å². The molecule has 0 unspecified atom stereocenters. The zero-order valence-electron chi connectivity index (χ0n) is 15.7. The third-order valence-corrected chi connectivity index (χ3v) is 5.21. The van der Waals surface area contributed by atoms with Crippen LogP contribution in [0, 0.1) is 0 Å². The fraction of sp³-hybridized carbons (Fsp3) is 1.00. The first-order chi connectivity index (χ1) is 14.6. The van der Waals surface area contributed by atoms with Crippen molar-refractivity contribution in [2.75, 3.05) is 6.61 Å². The Balaban J connectivity index is 1.67. The van der Waals surface area contributed by atoms with Crippen molar-refractivity contribution in [2.45, 2.75) is 86.4 Å². The monoisotopic (exact) mass is 462 g/mol. The molecule has 0 aromatic carbocycles. The van der Waals surface area contributed by atoms with Gasteiger partial charge in [0, 0.05) is 0 Å². The maximum absolute atomic E-state index is 10.4. The van der Waals surface area contributed by atoms with Crippen LogP contribution >= 0.6 is 0 Å². The number of aliphatic hydroxyl groups excluding tert-OH is 9. The lowest BCUT2D eigenvalue weighted by Gasteiger charge is -2.45. The maximum Gasteiger partial charge on any atom is 0.189 e. The second kappa shape index (κ2) is 10.1. The van der Waals surface area contributed by atoms with Crippen molar-refractivity contribution < 1.29 is 79.8 Å². The van der Waals surface area contributed by atoms with E-state index in [0.29, 0.717) is 0 Å². The summed E-state index contributed by atoms with van der Waals surface area (Å²) in [4.78, 5) is 4.13. The van der Waals surface area contributed by atoms with E-state index < -0.39 is 93.0 Å². The molecule has 3 aliphatic heterocycles. The van der Waals surface area contributed by atoms with Gasteiger partial charge in [-0.2, -0.15) is 0 Å². The van der Waals surface area contributed by atoms with Gasteiger partial charge in [0.05, 0.1) is 6.61 Å². The fourth-order valence-corrected chi connectivity index (χ4v) is 3.36. The SMILES string of the molecule is OO[C@@H]1[C@@H](O)[C@H](O[C@@H]2CO[C@@H](O)[C@H](O)[C@H]2O)O[C@H](O)[C@H]1O[C@@H]1O[C@H](O)[C@@H](O)[C@H](O)[C@H]1O. The van der Waals surface area contributed by atoms with Gasteiger partial charge in [-0.25, -0.2) is 4.89 Å². The van der Waals surface area contributed by atoms with Gasteiger partial charge in [0.15, 0.2) is 37.6 Å². The van der Waals surface area contributed by atoms with Crippen LogP contribution in [0.3, 0.4) is 0 Å². The van der Waals surface area contributed by atoms with Crippen LogP contribution in [0.25, 0.3) is 0 Å². The summed E-state index contributed by atoms with van der Waals surface area (Å²) in [5.74, 6) is 0. The maximum atomic E-state index is 10.4. The van der Waals surface area contributed by atoms with Crippen molar-refractivity contribution in [3.63, 3.8) is 0 Å². The van der Waals surface area contributed by atoms with E-state index in [2.05, 4.69) is 4.89 Å². The third-order valence-electron chi connectivity index (χ3n) is 5.21. The molecular weight excluding hydrogens is 436 g/mol. The molecule has 0 amide bonds. The zero-order chi connectivity index (χ0) is 23.0. The van der Waals surface area contributed by atoms with Crippen molar-refractivity contribution in [1.82, 2.24) is 0 Å². The van der Waals surface area contributed by atoms with Crippen LogP contribution in [-0.2, 0) is 28.6 Å². The van der Waals surface area contributed by atoms with E-state index in [-0.39, 0.29) is 0 Å². The molecule has 31 heavy (non-hydrogen) atoms. The number of ether oxygens (including phenoxy) is 5. The molecule has 16 heteroatoms. The average Bonchev–Trinajstić information content (AvgIpc) is 2.74. The van der Waals surface area contributed by atoms with Crippen LogP contribution in [-0.4, -0.2) is 144 Å². The Morgan fingerprint density at radius 2 is 1.13 bits per heavy atom. The molecule has 0 bridgehead atoms. The average molecular weight is 462 g/mol. The van der Waals surface area contributed by atoms with Gasteiger partial charge < -0.3 is 69.6 Å². The lowest BCUT2D eigenvalue weighted by Crippen LogP contribution is -2.65.